The highest BCUT2D eigenvalue weighted by Gasteiger charge is 2.00. The average molecular weight is 347 g/mol. The Hall–Kier alpha value is -2.85. The van der Waals surface area contributed by atoms with Crippen molar-refractivity contribution in [3.63, 3.8) is 0 Å². The zero-order valence-electron chi connectivity index (χ0n) is 13.9. The van der Waals surface area contributed by atoms with Gasteiger partial charge in [0, 0.05) is 23.6 Å². The van der Waals surface area contributed by atoms with Crippen molar-refractivity contribution in [2.75, 3.05) is 17.2 Å². The number of thiocarbonyl (C=S) groups is 1. The summed E-state index contributed by atoms with van der Waals surface area (Å²) in [5.41, 5.74) is 4.33. The molecule has 0 aliphatic carbocycles. The van der Waals surface area contributed by atoms with E-state index in [9.17, 15) is 0 Å². The van der Waals surface area contributed by atoms with Crippen molar-refractivity contribution in [2.45, 2.75) is 6.42 Å². The molecule has 3 N–H and O–H groups in total. The van der Waals surface area contributed by atoms with Crippen LogP contribution in [-0.4, -0.2) is 11.7 Å². The predicted octanol–water partition coefficient (Wildman–Crippen LogP) is 4.96. The molecule has 0 atom stereocenters. The van der Waals surface area contributed by atoms with E-state index >= 15 is 0 Å². The van der Waals surface area contributed by atoms with Crippen LogP contribution in [0.1, 0.15) is 5.56 Å². The van der Waals surface area contributed by atoms with E-state index in [-0.39, 0.29) is 0 Å². The Balaban J connectivity index is 1.50. The largest absolute Gasteiger partial charge is 0.362 e. The van der Waals surface area contributed by atoms with Crippen LogP contribution in [0.2, 0.25) is 0 Å². The molecular formula is C21H21N3S. The average Bonchev–Trinajstić information content (AvgIpc) is 2.64. The number of hydrogen-bond acceptors (Lipinski definition) is 2. The molecular weight excluding hydrogens is 326 g/mol. The molecule has 0 saturated heterocycles. The molecule has 0 bridgehead atoms. The lowest BCUT2D eigenvalue weighted by Crippen LogP contribution is -2.30. The number of anilines is 3. The summed E-state index contributed by atoms with van der Waals surface area (Å²) in [6.07, 6.45) is 0.943. The van der Waals surface area contributed by atoms with Crippen molar-refractivity contribution in [3.05, 3.63) is 90.5 Å². The first-order valence-electron chi connectivity index (χ1n) is 8.30. The smallest absolute Gasteiger partial charge is 0.170 e. The fourth-order valence-corrected chi connectivity index (χ4v) is 2.72. The van der Waals surface area contributed by atoms with Gasteiger partial charge in [0.2, 0.25) is 0 Å². The molecule has 0 heterocycles. The summed E-state index contributed by atoms with van der Waals surface area (Å²) >= 11 is 5.38. The first kappa shape index (κ1) is 17.0. The Morgan fingerprint density at radius 3 is 2.12 bits per heavy atom. The summed E-state index contributed by atoms with van der Waals surface area (Å²) in [5, 5.41) is 10.5. The lowest BCUT2D eigenvalue weighted by atomic mass is 10.1. The first-order valence-corrected chi connectivity index (χ1v) is 8.71. The zero-order chi connectivity index (χ0) is 17.3. The van der Waals surface area contributed by atoms with Crippen molar-refractivity contribution in [2.24, 2.45) is 0 Å². The van der Waals surface area contributed by atoms with Crippen LogP contribution >= 0.6 is 12.2 Å². The fourth-order valence-electron chi connectivity index (χ4n) is 2.50. The maximum Gasteiger partial charge on any atom is 0.170 e. The third-order valence-electron chi connectivity index (χ3n) is 3.72. The number of para-hydroxylation sites is 1. The Morgan fingerprint density at radius 1 is 0.720 bits per heavy atom. The molecule has 3 aromatic carbocycles. The van der Waals surface area contributed by atoms with E-state index in [0.29, 0.717) is 5.11 Å². The van der Waals surface area contributed by atoms with Crippen LogP contribution in [0.3, 0.4) is 0 Å². The maximum absolute atomic E-state index is 5.38. The molecule has 0 unspecified atom stereocenters. The normalized spacial score (nSPS) is 10.1. The van der Waals surface area contributed by atoms with E-state index < -0.39 is 0 Å². The van der Waals surface area contributed by atoms with E-state index in [0.717, 1.165) is 30.0 Å². The van der Waals surface area contributed by atoms with Crippen molar-refractivity contribution < 1.29 is 0 Å². The van der Waals surface area contributed by atoms with Gasteiger partial charge in [0.1, 0.15) is 0 Å². The summed E-state index contributed by atoms with van der Waals surface area (Å²) in [5.74, 6) is 0. The highest BCUT2D eigenvalue weighted by Crippen LogP contribution is 2.19. The summed E-state index contributed by atoms with van der Waals surface area (Å²) in [6, 6.07) is 28.5. The lowest BCUT2D eigenvalue weighted by Gasteiger charge is -2.12. The van der Waals surface area contributed by atoms with Crippen LogP contribution in [0.4, 0.5) is 17.1 Å². The van der Waals surface area contributed by atoms with Crippen LogP contribution in [-0.2, 0) is 6.42 Å². The maximum atomic E-state index is 5.38. The number of rotatable bonds is 6. The van der Waals surface area contributed by atoms with E-state index in [1.807, 2.05) is 60.7 Å². The lowest BCUT2D eigenvalue weighted by molar-refractivity contribution is 0.873. The van der Waals surface area contributed by atoms with Gasteiger partial charge in [0.15, 0.2) is 5.11 Å². The highest BCUT2D eigenvalue weighted by molar-refractivity contribution is 7.80. The Kier molecular flexibility index (Phi) is 6.01. The minimum atomic E-state index is 0.632. The van der Waals surface area contributed by atoms with Gasteiger partial charge in [0.05, 0.1) is 0 Å². The third-order valence-corrected chi connectivity index (χ3v) is 3.97. The number of nitrogens with one attached hydrogen (secondary N) is 3. The molecule has 0 radical (unpaired) electrons. The molecule has 3 aromatic rings. The highest BCUT2D eigenvalue weighted by atomic mass is 32.1. The summed E-state index contributed by atoms with van der Waals surface area (Å²) < 4.78 is 0. The molecule has 25 heavy (non-hydrogen) atoms. The summed E-state index contributed by atoms with van der Waals surface area (Å²) in [7, 11) is 0. The summed E-state index contributed by atoms with van der Waals surface area (Å²) in [6.45, 7) is 0.803. The van der Waals surface area contributed by atoms with E-state index in [4.69, 9.17) is 12.2 Å². The minimum absolute atomic E-state index is 0.632. The fraction of sp³-hybridized carbons (Fsp3) is 0.0952. The summed E-state index contributed by atoms with van der Waals surface area (Å²) in [4.78, 5) is 0. The van der Waals surface area contributed by atoms with Gasteiger partial charge in [-0.1, -0.05) is 54.6 Å². The van der Waals surface area contributed by atoms with Crippen LogP contribution in [0.25, 0.3) is 0 Å². The molecule has 126 valence electrons. The Labute approximate surface area is 154 Å². The molecule has 0 amide bonds. The molecule has 0 spiro atoms. The first-order chi connectivity index (χ1) is 12.3. The monoisotopic (exact) mass is 347 g/mol. The van der Waals surface area contributed by atoms with Gasteiger partial charge in [0.25, 0.3) is 0 Å². The zero-order valence-corrected chi connectivity index (χ0v) is 14.7. The molecule has 0 aliphatic rings. The standard InChI is InChI=1S/C21H21N3S/c25-21(22-15-14-17-8-3-1-4-9-17)24-20-13-7-12-19(16-20)23-18-10-5-2-6-11-18/h1-13,16,23H,14-15H2,(H2,22,24,25). The number of hydrogen-bond donors (Lipinski definition) is 3. The van der Waals surface area contributed by atoms with Crippen LogP contribution in [0.5, 0.6) is 0 Å². The molecule has 0 fully saturated rings. The molecule has 4 heteroatoms. The van der Waals surface area contributed by atoms with Crippen molar-refractivity contribution in [3.8, 4) is 0 Å². The van der Waals surface area contributed by atoms with E-state index in [2.05, 4.69) is 40.2 Å². The van der Waals surface area contributed by atoms with Crippen molar-refractivity contribution >= 4 is 34.4 Å². The Morgan fingerprint density at radius 2 is 1.36 bits per heavy atom. The minimum Gasteiger partial charge on any atom is -0.362 e. The third kappa shape index (κ3) is 5.62. The van der Waals surface area contributed by atoms with Gasteiger partial charge in [-0.15, -0.1) is 0 Å². The molecule has 0 saturated carbocycles. The molecule has 0 aromatic heterocycles. The Bertz CT molecular complexity index is 804. The topological polar surface area (TPSA) is 36.1 Å². The van der Waals surface area contributed by atoms with Crippen LogP contribution in [0, 0.1) is 0 Å². The van der Waals surface area contributed by atoms with E-state index in [1.165, 1.54) is 5.56 Å². The van der Waals surface area contributed by atoms with Crippen LogP contribution < -0.4 is 16.0 Å². The van der Waals surface area contributed by atoms with Crippen molar-refractivity contribution in [1.82, 2.24) is 5.32 Å². The second-order valence-electron chi connectivity index (χ2n) is 5.69. The second kappa shape index (κ2) is 8.85. The van der Waals surface area contributed by atoms with Gasteiger partial charge >= 0.3 is 0 Å². The van der Waals surface area contributed by atoms with Gasteiger partial charge < -0.3 is 16.0 Å². The van der Waals surface area contributed by atoms with Crippen LogP contribution in [0.15, 0.2) is 84.9 Å². The molecule has 3 nitrogen and oxygen atoms in total. The molecule has 3 rings (SSSR count). The van der Waals surface area contributed by atoms with E-state index in [1.54, 1.807) is 0 Å². The van der Waals surface area contributed by atoms with Gasteiger partial charge in [-0.3, -0.25) is 0 Å². The second-order valence-corrected chi connectivity index (χ2v) is 6.10. The van der Waals surface area contributed by atoms with Gasteiger partial charge in [-0.05, 0) is 54.5 Å². The number of benzene rings is 3. The molecule has 0 aliphatic heterocycles. The van der Waals surface area contributed by atoms with Crippen molar-refractivity contribution in [1.29, 1.82) is 0 Å². The van der Waals surface area contributed by atoms with Gasteiger partial charge in [-0.2, -0.15) is 0 Å². The predicted molar refractivity (Wildman–Crippen MR) is 111 cm³/mol. The SMILES string of the molecule is S=C(NCCc1ccccc1)Nc1cccc(Nc2ccccc2)c1. The quantitative estimate of drug-likeness (QED) is 0.551. The van der Waals surface area contributed by atoms with Gasteiger partial charge in [-0.25, -0.2) is 0 Å².